The molecule has 5 rings (SSSR count). The molecule has 8 heteroatoms. The van der Waals surface area contributed by atoms with E-state index in [0.29, 0.717) is 11.6 Å². The van der Waals surface area contributed by atoms with E-state index < -0.39 is 0 Å². The summed E-state index contributed by atoms with van der Waals surface area (Å²) in [5.74, 6) is 0.401. The van der Waals surface area contributed by atoms with Crippen molar-refractivity contribution in [2.75, 3.05) is 4.90 Å². The number of ether oxygens (including phenoxy) is 1. The van der Waals surface area contributed by atoms with Crippen LogP contribution in [0.5, 0.6) is 5.88 Å². The second-order valence-electron chi connectivity index (χ2n) is 8.94. The normalized spacial score (nSPS) is 15.3. The van der Waals surface area contributed by atoms with E-state index in [1.165, 1.54) is 5.56 Å². The summed E-state index contributed by atoms with van der Waals surface area (Å²) in [6.07, 6.45) is 5.45. The van der Waals surface area contributed by atoms with Crippen LogP contribution >= 0.6 is 0 Å². The van der Waals surface area contributed by atoms with Gasteiger partial charge in [-0.05, 0) is 44.4 Å². The zero-order valence-electron chi connectivity index (χ0n) is 20.5. The minimum atomic E-state index is -0.339. The topological polar surface area (TPSA) is 93.1 Å². The first-order valence-corrected chi connectivity index (χ1v) is 12.0. The summed E-state index contributed by atoms with van der Waals surface area (Å²) >= 11 is 0. The van der Waals surface area contributed by atoms with Gasteiger partial charge >= 0.3 is 0 Å². The Bertz CT molecular complexity index is 1360. The van der Waals surface area contributed by atoms with Crippen molar-refractivity contribution in [3.05, 3.63) is 101 Å². The molecule has 0 saturated carbocycles. The molecule has 1 unspecified atom stereocenters. The Kier molecular flexibility index (Phi) is 6.58. The number of hydrogen-bond acceptors (Lipinski definition) is 7. The molecule has 2 aromatic carbocycles. The van der Waals surface area contributed by atoms with E-state index in [9.17, 15) is 4.79 Å². The highest BCUT2D eigenvalue weighted by Crippen LogP contribution is 2.37. The fraction of sp³-hybridized carbons (Fsp3) is 0.250. The molecule has 3 heterocycles. The molecule has 1 aliphatic heterocycles. The molecule has 0 saturated heterocycles. The summed E-state index contributed by atoms with van der Waals surface area (Å²) in [7, 11) is 0. The van der Waals surface area contributed by atoms with Crippen LogP contribution in [0.4, 0.5) is 11.6 Å². The van der Waals surface area contributed by atoms with Gasteiger partial charge in [-0.3, -0.25) is 14.8 Å². The Hall–Kier alpha value is -4.33. The van der Waals surface area contributed by atoms with Crippen molar-refractivity contribution in [2.45, 2.75) is 45.9 Å². The number of benzene rings is 2. The van der Waals surface area contributed by atoms with Crippen LogP contribution in [-0.4, -0.2) is 31.9 Å². The van der Waals surface area contributed by atoms with Crippen LogP contribution in [-0.2, 0) is 13.0 Å². The number of carbonyl (C=O) groups excluding carboxylic acids is 1. The molecule has 1 N–H and O–H groups in total. The second-order valence-corrected chi connectivity index (χ2v) is 8.94. The summed E-state index contributed by atoms with van der Waals surface area (Å²) in [6.45, 7) is 6.18. The Morgan fingerprint density at radius 1 is 1.06 bits per heavy atom. The first-order valence-electron chi connectivity index (χ1n) is 12.0. The van der Waals surface area contributed by atoms with Gasteiger partial charge in [0.1, 0.15) is 11.7 Å². The lowest BCUT2D eigenvalue weighted by Crippen LogP contribution is -2.28. The summed E-state index contributed by atoms with van der Waals surface area (Å²) in [6, 6.07) is 18.3. The molecular weight excluding hydrogens is 452 g/mol. The number of aromatic nitrogens is 4. The van der Waals surface area contributed by atoms with Gasteiger partial charge in [0.05, 0.1) is 24.1 Å². The van der Waals surface area contributed by atoms with Crippen molar-refractivity contribution in [3.8, 4) is 5.88 Å². The molecule has 36 heavy (non-hydrogen) atoms. The van der Waals surface area contributed by atoms with Crippen molar-refractivity contribution in [1.82, 2.24) is 25.3 Å². The Morgan fingerprint density at radius 3 is 2.61 bits per heavy atom. The highest BCUT2D eigenvalue weighted by Gasteiger charge is 2.30. The van der Waals surface area contributed by atoms with Crippen LogP contribution in [0.1, 0.15) is 52.8 Å². The van der Waals surface area contributed by atoms with Crippen LogP contribution < -0.4 is 15.0 Å². The number of rotatable bonds is 7. The standard InChI is InChI=1S/C28H28N6O2/c1-18-14-30-23(15-29-18)16-31-26(35)24-17-32-28(34-19(2)13-22-11-7-8-12-25(22)34)33-27(24)36-20(3)21-9-5-4-6-10-21/h4-12,14-15,17,19-20H,13,16H2,1-3H3,(H,31,35)/t19-,20?/m1/s1. The maximum Gasteiger partial charge on any atom is 0.258 e. The van der Waals surface area contributed by atoms with Crippen molar-refractivity contribution < 1.29 is 9.53 Å². The molecule has 4 aromatic rings. The fourth-order valence-electron chi connectivity index (χ4n) is 4.33. The Balaban J connectivity index is 1.46. The maximum absolute atomic E-state index is 13.2. The highest BCUT2D eigenvalue weighted by atomic mass is 16.5. The largest absolute Gasteiger partial charge is 0.469 e. The minimum Gasteiger partial charge on any atom is -0.469 e. The highest BCUT2D eigenvalue weighted by molar-refractivity contribution is 5.96. The Morgan fingerprint density at radius 2 is 1.83 bits per heavy atom. The van der Waals surface area contributed by atoms with Crippen molar-refractivity contribution >= 4 is 17.5 Å². The monoisotopic (exact) mass is 480 g/mol. The lowest BCUT2D eigenvalue weighted by Gasteiger charge is -2.24. The van der Waals surface area contributed by atoms with Gasteiger partial charge in [-0.15, -0.1) is 0 Å². The third-order valence-electron chi connectivity index (χ3n) is 6.23. The van der Waals surface area contributed by atoms with E-state index in [-0.39, 0.29) is 36.0 Å². The third-order valence-corrected chi connectivity index (χ3v) is 6.23. The molecule has 0 fully saturated rings. The SMILES string of the molecule is Cc1cnc(CNC(=O)c2cnc(N3c4ccccc4C[C@H]3C)nc2OC(C)c2ccccc2)cn1. The average Bonchev–Trinajstić information content (AvgIpc) is 3.24. The zero-order chi connectivity index (χ0) is 25.1. The third kappa shape index (κ3) is 4.88. The molecule has 0 aliphatic carbocycles. The number of hydrogen-bond donors (Lipinski definition) is 1. The van der Waals surface area contributed by atoms with E-state index >= 15 is 0 Å². The molecule has 2 aromatic heterocycles. The van der Waals surface area contributed by atoms with Gasteiger partial charge in [-0.2, -0.15) is 4.98 Å². The van der Waals surface area contributed by atoms with Gasteiger partial charge in [0.25, 0.3) is 5.91 Å². The van der Waals surface area contributed by atoms with E-state index in [1.807, 2.05) is 56.3 Å². The molecule has 0 bridgehead atoms. The van der Waals surface area contributed by atoms with E-state index in [2.05, 4.69) is 44.2 Å². The number of para-hydroxylation sites is 1. The van der Waals surface area contributed by atoms with Gasteiger partial charge in [0.15, 0.2) is 0 Å². The molecule has 1 amide bonds. The van der Waals surface area contributed by atoms with Gasteiger partial charge in [0, 0.05) is 24.1 Å². The Labute approximate surface area is 210 Å². The van der Waals surface area contributed by atoms with Gasteiger partial charge in [-0.25, -0.2) is 4.98 Å². The van der Waals surface area contributed by atoms with Crippen molar-refractivity contribution in [1.29, 1.82) is 0 Å². The van der Waals surface area contributed by atoms with E-state index in [1.54, 1.807) is 18.6 Å². The number of anilines is 2. The minimum absolute atomic E-state index is 0.182. The maximum atomic E-state index is 13.2. The summed E-state index contributed by atoms with van der Waals surface area (Å²) in [5, 5.41) is 2.89. The number of amides is 1. The average molecular weight is 481 g/mol. The van der Waals surface area contributed by atoms with Gasteiger partial charge in [-0.1, -0.05) is 48.5 Å². The van der Waals surface area contributed by atoms with Crippen LogP contribution in [0, 0.1) is 6.92 Å². The van der Waals surface area contributed by atoms with Crippen LogP contribution in [0.2, 0.25) is 0 Å². The number of fused-ring (bicyclic) bond motifs is 1. The van der Waals surface area contributed by atoms with Crippen molar-refractivity contribution in [2.24, 2.45) is 0 Å². The van der Waals surface area contributed by atoms with Crippen molar-refractivity contribution in [3.63, 3.8) is 0 Å². The van der Waals surface area contributed by atoms with Gasteiger partial charge in [0.2, 0.25) is 11.8 Å². The molecular formula is C28H28N6O2. The number of carbonyl (C=O) groups is 1. The number of nitrogens with one attached hydrogen (secondary N) is 1. The summed E-state index contributed by atoms with van der Waals surface area (Å²) < 4.78 is 6.28. The quantitative estimate of drug-likeness (QED) is 0.409. The molecule has 2 atom stereocenters. The molecule has 0 radical (unpaired) electrons. The lowest BCUT2D eigenvalue weighted by atomic mass is 10.1. The molecule has 182 valence electrons. The van der Waals surface area contributed by atoms with Crippen LogP contribution in [0.15, 0.2) is 73.2 Å². The van der Waals surface area contributed by atoms with Crippen LogP contribution in [0.3, 0.4) is 0 Å². The van der Waals surface area contributed by atoms with Crippen LogP contribution in [0.25, 0.3) is 0 Å². The molecule has 0 spiro atoms. The summed E-state index contributed by atoms with van der Waals surface area (Å²) in [5.41, 5.74) is 5.05. The number of nitrogens with zero attached hydrogens (tertiary/aromatic N) is 5. The molecule has 1 aliphatic rings. The first-order chi connectivity index (χ1) is 17.5. The van der Waals surface area contributed by atoms with Gasteiger partial charge < -0.3 is 15.0 Å². The molecule has 8 nitrogen and oxygen atoms in total. The van der Waals surface area contributed by atoms with E-state index in [0.717, 1.165) is 23.4 Å². The predicted molar refractivity (Wildman–Crippen MR) is 137 cm³/mol. The first kappa shape index (κ1) is 23.4. The lowest BCUT2D eigenvalue weighted by molar-refractivity contribution is 0.0941. The van der Waals surface area contributed by atoms with E-state index in [4.69, 9.17) is 9.72 Å². The fourth-order valence-corrected chi connectivity index (χ4v) is 4.33. The number of aryl methyl sites for hydroxylation is 1. The summed E-state index contributed by atoms with van der Waals surface area (Å²) in [4.78, 5) is 33.2. The zero-order valence-corrected chi connectivity index (χ0v) is 20.5. The predicted octanol–water partition coefficient (Wildman–Crippen LogP) is 4.73. The smallest absolute Gasteiger partial charge is 0.258 e. The second kappa shape index (κ2) is 10.1.